The van der Waals surface area contributed by atoms with Crippen LogP contribution in [0.2, 0.25) is 0 Å². The number of aromatic nitrogens is 2. The molecule has 0 aromatic carbocycles. The molecule has 2 fully saturated rings. The van der Waals surface area contributed by atoms with E-state index in [9.17, 15) is 0 Å². The van der Waals surface area contributed by atoms with Gasteiger partial charge in [-0.1, -0.05) is 0 Å². The second kappa shape index (κ2) is 5.13. The van der Waals surface area contributed by atoms with E-state index >= 15 is 0 Å². The maximum atomic E-state index is 4.43. The van der Waals surface area contributed by atoms with Gasteiger partial charge in [0.2, 0.25) is 0 Å². The average Bonchev–Trinajstić information content (AvgIpc) is 2.79. The minimum absolute atomic E-state index is 0.219. The van der Waals surface area contributed by atoms with Crippen LogP contribution in [0.5, 0.6) is 0 Å². The quantitative estimate of drug-likeness (QED) is 0.840. The molecule has 1 aromatic rings. The first kappa shape index (κ1) is 13.5. The van der Waals surface area contributed by atoms with Crippen LogP contribution in [0, 0.1) is 11.8 Å². The fourth-order valence-corrected chi connectivity index (χ4v) is 4.16. The highest BCUT2D eigenvalue weighted by Crippen LogP contribution is 2.57. The molecule has 106 valence electrons. The van der Waals surface area contributed by atoms with Gasteiger partial charge in [0.1, 0.15) is 10.0 Å². The summed E-state index contributed by atoms with van der Waals surface area (Å²) in [5.74, 6) is 2.81. The number of rotatable bonds is 5. The van der Waals surface area contributed by atoms with Crippen molar-refractivity contribution in [3.05, 3.63) is 10.0 Å². The van der Waals surface area contributed by atoms with Crippen LogP contribution in [-0.4, -0.2) is 22.3 Å². The molecule has 2 atom stereocenters. The summed E-state index contributed by atoms with van der Waals surface area (Å²) in [6.45, 7) is 7.69. The standard InChI is InChI=1S/C15H25N3S/c1-15(2,3)16-6-4-5-13-17-18-14(19-13)12-8-10-7-11(10)9-12/h10-12,16H,4-9H2,1-3H3. The molecule has 3 rings (SSSR count). The van der Waals surface area contributed by atoms with E-state index in [1.807, 2.05) is 11.3 Å². The van der Waals surface area contributed by atoms with E-state index in [0.29, 0.717) is 0 Å². The van der Waals surface area contributed by atoms with E-state index in [1.54, 1.807) is 0 Å². The molecule has 3 nitrogen and oxygen atoms in total. The van der Waals surface area contributed by atoms with Crippen LogP contribution in [0.4, 0.5) is 0 Å². The van der Waals surface area contributed by atoms with Crippen molar-refractivity contribution in [3.63, 3.8) is 0 Å². The van der Waals surface area contributed by atoms with Crippen LogP contribution in [-0.2, 0) is 6.42 Å². The van der Waals surface area contributed by atoms with Gasteiger partial charge in [-0.2, -0.15) is 0 Å². The highest BCUT2D eigenvalue weighted by Gasteiger charge is 2.47. The summed E-state index contributed by atoms with van der Waals surface area (Å²) in [5, 5.41) is 14.9. The lowest BCUT2D eigenvalue weighted by atomic mass is 10.1. The first-order chi connectivity index (χ1) is 9.01. The van der Waals surface area contributed by atoms with Gasteiger partial charge < -0.3 is 5.32 Å². The zero-order valence-electron chi connectivity index (χ0n) is 12.3. The fraction of sp³-hybridized carbons (Fsp3) is 0.867. The number of nitrogens with one attached hydrogen (secondary N) is 1. The fourth-order valence-electron chi connectivity index (χ4n) is 3.15. The zero-order valence-corrected chi connectivity index (χ0v) is 13.1. The molecule has 0 radical (unpaired) electrons. The first-order valence-corrected chi connectivity index (χ1v) is 8.40. The van der Waals surface area contributed by atoms with Gasteiger partial charge in [-0.25, -0.2) is 0 Å². The summed E-state index contributed by atoms with van der Waals surface area (Å²) in [6, 6.07) is 0. The second-order valence-electron chi connectivity index (χ2n) is 7.24. The Hall–Kier alpha value is -0.480. The molecule has 1 aromatic heterocycles. The predicted octanol–water partition coefficient (Wildman–Crippen LogP) is 3.37. The van der Waals surface area contributed by atoms with E-state index in [2.05, 4.69) is 36.3 Å². The number of fused-ring (bicyclic) bond motifs is 1. The minimum atomic E-state index is 0.219. The van der Waals surface area contributed by atoms with Gasteiger partial charge in [-0.3, -0.25) is 0 Å². The molecule has 0 saturated heterocycles. The Morgan fingerprint density at radius 1 is 1.16 bits per heavy atom. The third kappa shape index (κ3) is 3.54. The highest BCUT2D eigenvalue weighted by atomic mass is 32.1. The van der Waals surface area contributed by atoms with Gasteiger partial charge in [0.15, 0.2) is 0 Å². The van der Waals surface area contributed by atoms with Crippen molar-refractivity contribution in [1.82, 2.24) is 15.5 Å². The summed E-state index contributed by atoms with van der Waals surface area (Å²) in [4.78, 5) is 0. The van der Waals surface area contributed by atoms with Gasteiger partial charge in [0, 0.05) is 17.9 Å². The van der Waals surface area contributed by atoms with Crippen molar-refractivity contribution >= 4 is 11.3 Å². The van der Waals surface area contributed by atoms with Crippen molar-refractivity contribution in [3.8, 4) is 0 Å². The summed E-state index contributed by atoms with van der Waals surface area (Å²) in [6.07, 6.45) is 6.47. The first-order valence-electron chi connectivity index (χ1n) is 7.58. The van der Waals surface area contributed by atoms with Gasteiger partial charge in [0.05, 0.1) is 0 Å². The van der Waals surface area contributed by atoms with E-state index in [1.165, 1.54) is 29.3 Å². The molecule has 2 saturated carbocycles. The van der Waals surface area contributed by atoms with Gasteiger partial charge >= 0.3 is 0 Å². The Morgan fingerprint density at radius 2 is 1.89 bits per heavy atom. The van der Waals surface area contributed by atoms with Crippen LogP contribution in [0.3, 0.4) is 0 Å². The molecule has 0 aliphatic heterocycles. The van der Waals surface area contributed by atoms with Crippen molar-refractivity contribution in [1.29, 1.82) is 0 Å². The topological polar surface area (TPSA) is 37.8 Å². The molecule has 19 heavy (non-hydrogen) atoms. The van der Waals surface area contributed by atoms with E-state index in [0.717, 1.165) is 37.1 Å². The van der Waals surface area contributed by atoms with E-state index < -0.39 is 0 Å². The predicted molar refractivity (Wildman–Crippen MR) is 79.6 cm³/mol. The van der Waals surface area contributed by atoms with Crippen molar-refractivity contribution in [2.75, 3.05) is 6.54 Å². The molecule has 2 aliphatic rings. The molecule has 2 unspecified atom stereocenters. The highest BCUT2D eigenvalue weighted by molar-refractivity contribution is 7.11. The number of aryl methyl sites for hydroxylation is 1. The number of nitrogens with zero attached hydrogens (tertiary/aromatic N) is 2. The third-order valence-corrected chi connectivity index (χ3v) is 5.44. The molecule has 1 N–H and O–H groups in total. The largest absolute Gasteiger partial charge is 0.312 e. The Labute approximate surface area is 120 Å². The van der Waals surface area contributed by atoms with Gasteiger partial charge in [-0.05, 0) is 64.8 Å². The zero-order chi connectivity index (χ0) is 13.5. The summed E-state index contributed by atoms with van der Waals surface area (Å²) >= 11 is 1.86. The van der Waals surface area contributed by atoms with Crippen molar-refractivity contribution < 1.29 is 0 Å². The molecule has 4 heteroatoms. The summed E-state index contributed by atoms with van der Waals surface area (Å²) < 4.78 is 0. The molecule has 0 spiro atoms. The van der Waals surface area contributed by atoms with Gasteiger partial charge in [-0.15, -0.1) is 21.5 Å². The lowest BCUT2D eigenvalue weighted by molar-refractivity contribution is 0.422. The summed E-state index contributed by atoms with van der Waals surface area (Å²) in [7, 11) is 0. The Balaban J connectivity index is 1.43. The van der Waals surface area contributed by atoms with Crippen LogP contribution >= 0.6 is 11.3 Å². The van der Waals surface area contributed by atoms with Gasteiger partial charge in [0.25, 0.3) is 0 Å². The van der Waals surface area contributed by atoms with Crippen LogP contribution < -0.4 is 5.32 Å². The smallest absolute Gasteiger partial charge is 0.120 e. The van der Waals surface area contributed by atoms with Crippen LogP contribution in [0.25, 0.3) is 0 Å². The minimum Gasteiger partial charge on any atom is -0.312 e. The maximum Gasteiger partial charge on any atom is 0.120 e. The lowest BCUT2D eigenvalue weighted by Crippen LogP contribution is -2.36. The Bertz CT molecular complexity index is 425. The van der Waals surface area contributed by atoms with E-state index in [4.69, 9.17) is 0 Å². The lowest BCUT2D eigenvalue weighted by Gasteiger charge is -2.20. The molecule has 0 bridgehead atoms. The number of hydrogen-bond donors (Lipinski definition) is 1. The summed E-state index contributed by atoms with van der Waals surface area (Å²) in [5.41, 5.74) is 0.219. The van der Waals surface area contributed by atoms with Crippen molar-refractivity contribution in [2.45, 2.75) is 64.3 Å². The Kier molecular flexibility index (Phi) is 3.65. The maximum absolute atomic E-state index is 4.43. The average molecular weight is 279 g/mol. The molecule has 0 amide bonds. The molecular formula is C15H25N3S. The van der Waals surface area contributed by atoms with Crippen molar-refractivity contribution in [2.24, 2.45) is 11.8 Å². The van der Waals surface area contributed by atoms with Crippen LogP contribution in [0.1, 0.15) is 62.4 Å². The molecule has 2 aliphatic carbocycles. The third-order valence-electron chi connectivity index (χ3n) is 4.30. The normalized spacial score (nSPS) is 29.5. The molecular weight excluding hydrogens is 254 g/mol. The van der Waals surface area contributed by atoms with E-state index in [-0.39, 0.29) is 5.54 Å². The number of hydrogen-bond acceptors (Lipinski definition) is 4. The monoisotopic (exact) mass is 279 g/mol. The van der Waals surface area contributed by atoms with Crippen LogP contribution in [0.15, 0.2) is 0 Å². The Morgan fingerprint density at radius 3 is 2.58 bits per heavy atom. The SMILES string of the molecule is CC(C)(C)NCCCc1nnc(C2CC3CC3C2)s1. The second-order valence-corrected chi connectivity index (χ2v) is 8.33. The molecule has 1 heterocycles.